The predicted octanol–water partition coefficient (Wildman–Crippen LogP) is 1.62. The van der Waals surface area contributed by atoms with Gasteiger partial charge in [-0.15, -0.1) is 6.58 Å². The summed E-state index contributed by atoms with van der Waals surface area (Å²) in [6.07, 6.45) is 7.08. The molecule has 0 saturated heterocycles. The second-order valence-electron chi connectivity index (χ2n) is 2.96. The van der Waals surface area contributed by atoms with Gasteiger partial charge in [0.15, 0.2) is 0 Å². The predicted molar refractivity (Wildman–Crippen MR) is 53.8 cm³/mol. The van der Waals surface area contributed by atoms with Crippen LogP contribution in [0.2, 0.25) is 0 Å². The van der Waals surface area contributed by atoms with E-state index in [0.29, 0.717) is 13.0 Å². The first-order valence-electron chi connectivity index (χ1n) is 4.50. The number of carbonyl (C=O) groups is 1. The third kappa shape index (κ3) is 3.18. The Morgan fingerprint density at radius 3 is 2.79 bits per heavy atom. The monoisotopic (exact) mass is 194 g/mol. The van der Waals surface area contributed by atoms with Crippen LogP contribution in [0.1, 0.15) is 6.42 Å². The van der Waals surface area contributed by atoms with E-state index in [4.69, 9.17) is 9.47 Å². The number of rotatable bonds is 5. The van der Waals surface area contributed by atoms with Crippen LogP contribution in [0.5, 0.6) is 0 Å². The molecule has 0 aromatic carbocycles. The number of carbonyl (C=O) groups excluding carboxylic acids is 1. The molecule has 0 spiro atoms. The van der Waals surface area contributed by atoms with Gasteiger partial charge in [0.1, 0.15) is 6.10 Å². The standard InChI is InChI=1S/C11H14O3/c1-3-7-13-9-5-6-10(8-9)14-11(12)4-2/h3-6,9-10H,1-2,7-8H2/t9-,10+/m0/s1. The van der Waals surface area contributed by atoms with Crippen LogP contribution >= 0.6 is 0 Å². The minimum Gasteiger partial charge on any atom is -0.455 e. The van der Waals surface area contributed by atoms with Crippen LogP contribution in [0.15, 0.2) is 37.5 Å². The van der Waals surface area contributed by atoms with E-state index in [9.17, 15) is 4.79 Å². The molecule has 3 heteroatoms. The molecule has 14 heavy (non-hydrogen) atoms. The molecule has 0 N–H and O–H groups in total. The highest BCUT2D eigenvalue weighted by Crippen LogP contribution is 2.17. The Labute approximate surface area is 83.7 Å². The Bertz CT molecular complexity index is 255. The lowest BCUT2D eigenvalue weighted by atomic mass is 10.3. The van der Waals surface area contributed by atoms with Crippen LogP contribution in [0.4, 0.5) is 0 Å². The molecule has 0 aromatic heterocycles. The normalized spacial score (nSPS) is 24.6. The summed E-state index contributed by atoms with van der Waals surface area (Å²) in [4.78, 5) is 10.9. The Balaban J connectivity index is 2.28. The fourth-order valence-corrected chi connectivity index (χ4v) is 1.23. The van der Waals surface area contributed by atoms with Crippen molar-refractivity contribution in [3.05, 3.63) is 37.5 Å². The number of ether oxygens (including phenoxy) is 2. The van der Waals surface area contributed by atoms with E-state index in [-0.39, 0.29) is 12.2 Å². The second kappa shape index (κ2) is 5.40. The molecule has 2 atom stereocenters. The maximum atomic E-state index is 10.9. The molecule has 1 aliphatic carbocycles. The van der Waals surface area contributed by atoms with Gasteiger partial charge >= 0.3 is 5.97 Å². The van der Waals surface area contributed by atoms with E-state index in [1.807, 2.05) is 12.2 Å². The van der Waals surface area contributed by atoms with Crippen molar-refractivity contribution in [3.8, 4) is 0 Å². The van der Waals surface area contributed by atoms with E-state index in [0.717, 1.165) is 6.08 Å². The molecule has 3 nitrogen and oxygen atoms in total. The Hall–Kier alpha value is -1.35. The zero-order valence-corrected chi connectivity index (χ0v) is 8.02. The maximum absolute atomic E-state index is 10.9. The molecule has 0 fully saturated rings. The molecule has 0 aliphatic heterocycles. The highest BCUT2D eigenvalue weighted by molar-refractivity contribution is 5.81. The summed E-state index contributed by atoms with van der Waals surface area (Å²) in [7, 11) is 0. The zero-order valence-electron chi connectivity index (χ0n) is 8.02. The molecule has 76 valence electrons. The molecule has 0 unspecified atom stereocenters. The summed E-state index contributed by atoms with van der Waals surface area (Å²) < 4.78 is 10.4. The summed E-state index contributed by atoms with van der Waals surface area (Å²) in [5.74, 6) is -0.399. The van der Waals surface area contributed by atoms with Crippen molar-refractivity contribution in [2.45, 2.75) is 18.6 Å². The summed E-state index contributed by atoms with van der Waals surface area (Å²) in [6.45, 7) is 7.39. The van der Waals surface area contributed by atoms with Gasteiger partial charge in [-0.3, -0.25) is 0 Å². The van der Waals surface area contributed by atoms with Crippen molar-refractivity contribution in [1.29, 1.82) is 0 Å². The lowest BCUT2D eigenvalue weighted by Gasteiger charge is -2.11. The summed E-state index contributed by atoms with van der Waals surface area (Å²) >= 11 is 0. The average Bonchev–Trinajstić information content (AvgIpc) is 2.62. The molecular weight excluding hydrogens is 180 g/mol. The molecule has 1 rings (SSSR count). The van der Waals surface area contributed by atoms with Gasteiger partial charge in [0.25, 0.3) is 0 Å². The first-order valence-corrected chi connectivity index (χ1v) is 4.50. The van der Waals surface area contributed by atoms with Crippen molar-refractivity contribution in [2.75, 3.05) is 6.61 Å². The van der Waals surface area contributed by atoms with E-state index in [1.165, 1.54) is 0 Å². The topological polar surface area (TPSA) is 35.5 Å². The Morgan fingerprint density at radius 1 is 1.43 bits per heavy atom. The largest absolute Gasteiger partial charge is 0.455 e. The number of hydrogen-bond acceptors (Lipinski definition) is 3. The van der Waals surface area contributed by atoms with Gasteiger partial charge in [0.2, 0.25) is 0 Å². The molecular formula is C11H14O3. The fourth-order valence-electron chi connectivity index (χ4n) is 1.23. The smallest absolute Gasteiger partial charge is 0.330 e. The quantitative estimate of drug-likeness (QED) is 0.379. The van der Waals surface area contributed by atoms with E-state index in [2.05, 4.69) is 13.2 Å². The molecule has 0 saturated carbocycles. The summed E-state index contributed by atoms with van der Waals surface area (Å²) in [5.41, 5.74) is 0. The summed E-state index contributed by atoms with van der Waals surface area (Å²) in [6, 6.07) is 0. The van der Waals surface area contributed by atoms with Gasteiger partial charge in [-0.25, -0.2) is 4.79 Å². The highest BCUT2D eigenvalue weighted by Gasteiger charge is 2.21. The minimum absolute atomic E-state index is 0.0237. The number of hydrogen-bond donors (Lipinski definition) is 0. The van der Waals surface area contributed by atoms with Crippen molar-refractivity contribution < 1.29 is 14.3 Å². The molecule has 0 aromatic rings. The van der Waals surface area contributed by atoms with E-state index >= 15 is 0 Å². The Morgan fingerprint density at radius 2 is 2.14 bits per heavy atom. The summed E-state index contributed by atoms with van der Waals surface area (Å²) in [5, 5.41) is 0. The molecule has 1 aliphatic rings. The van der Waals surface area contributed by atoms with Crippen LogP contribution in [0.25, 0.3) is 0 Å². The zero-order chi connectivity index (χ0) is 10.4. The van der Waals surface area contributed by atoms with Crippen molar-refractivity contribution in [3.63, 3.8) is 0 Å². The fraction of sp³-hybridized carbons (Fsp3) is 0.364. The lowest BCUT2D eigenvalue weighted by Crippen LogP contribution is -2.16. The van der Waals surface area contributed by atoms with Crippen molar-refractivity contribution in [1.82, 2.24) is 0 Å². The van der Waals surface area contributed by atoms with Gasteiger partial charge in [-0.2, -0.15) is 0 Å². The van der Waals surface area contributed by atoms with Crippen LogP contribution < -0.4 is 0 Å². The van der Waals surface area contributed by atoms with E-state index < -0.39 is 5.97 Å². The average molecular weight is 194 g/mol. The molecule has 0 bridgehead atoms. The maximum Gasteiger partial charge on any atom is 0.330 e. The lowest BCUT2D eigenvalue weighted by molar-refractivity contribution is -0.141. The third-order valence-corrected chi connectivity index (χ3v) is 1.87. The van der Waals surface area contributed by atoms with Crippen LogP contribution in [-0.4, -0.2) is 24.8 Å². The Kier molecular flexibility index (Phi) is 4.13. The number of esters is 1. The van der Waals surface area contributed by atoms with E-state index in [1.54, 1.807) is 6.08 Å². The first-order chi connectivity index (χ1) is 6.76. The van der Waals surface area contributed by atoms with Crippen LogP contribution in [0.3, 0.4) is 0 Å². The van der Waals surface area contributed by atoms with Crippen LogP contribution in [-0.2, 0) is 14.3 Å². The van der Waals surface area contributed by atoms with Gasteiger partial charge < -0.3 is 9.47 Å². The molecule has 0 radical (unpaired) electrons. The highest BCUT2D eigenvalue weighted by atomic mass is 16.5. The minimum atomic E-state index is -0.399. The van der Waals surface area contributed by atoms with Crippen molar-refractivity contribution >= 4 is 5.97 Å². The van der Waals surface area contributed by atoms with Crippen molar-refractivity contribution in [2.24, 2.45) is 0 Å². The molecule has 0 amide bonds. The first kappa shape index (κ1) is 10.7. The van der Waals surface area contributed by atoms with Gasteiger partial charge in [-0.05, 0) is 6.08 Å². The SMILES string of the molecule is C=CCO[C@H]1C=C[C@@H](OC(=O)C=C)C1. The van der Waals surface area contributed by atoms with Gasteiger partial charge in [-0.1, -0.05) is 18.7 Å². The van der Waals surface area contributed by atoms with Gasteiger partial charge in [0, 0.05) is 12.5 Å². The van der Waals surface area contributed by atoms with Gasteiger partial charge in [0.05, 0.1) is 12.7 Å². The van der Waals surface area contributed by atoms with Crippen LogP contribution in [0, 0.1) is 0 Å². The third-order valence-electron chi connectivity index (χ3n) is 1.87. The molecule has 0 heterocycles. The second-order valence-corrected chi connectivity index (χ2v) is 2.96.